The normalized spacial score (nSPS) is 20.8. The maximum Gasteiger partial charge on any atom is 0.282 e. The van der Waals surface area contributed by atoms with Gasteiger partial charge in [-0.05, 0) is 0 Å². The van der Waals surface area contributed by atoms with Crippen LogP contribution in [0.5, 0.6) is 0 Å². The van der Waals surface area contributed by atoms with Gasteiger partial charge in [0.2, 0.25) is 0 Å². The number of nitrogens with zero attached hydrogens (tertiary/aromatic N) is 4. The monoisotopic (exact) mass is 315 g/mol. The molecule has 1 aromatic rings. The zero-order valence-corrected chi connectivity index (χ0v) is 13.1. The number of hydrogen-bond acceptors (Lipinski definition) is 6. The van der Waals surface area contributed by atoms with Gasteiger partial charge in [-0.3, -0.25) is 4.98 Å². The minimum atomic E-state index is -3.48. The van der Waals surface area contributed by atoms with E-state index in [1.807, 2.05) is 13.8 Å². The molecule has 0 radical (unpaired) electrons. The van der Waals surface area contributed by atoms with E-state index in [9.17, 15) is 8.42 Å². The number of ether oxygens (including phenoxy) is 1. The lowest BCUT2D eigenvalue weighted by molar-refractivity contribution is -0.00630. The predicted molar refractivity (Wildman–Crippen MR) is 78.6 cm³/mol. The fourth-order valence-corrected chi connectivity index (χ4v) is 3.93. The average Bonchev–Trinajstić information content (AvgIpc) is 2.49. The van der Waals surface area contributed by atoms with E-state index in [2.05, 4.69) is 9.97 Å². The summed E-state index contributed by atoms with van der Waals surface area (Å²) < 4.78 is 33.5. The van der Waals surface area contributed by atoms with Crippen LogP contribution in [0.1, 0.15) is 25.6 Å². The maximum absolute atomic E-state index is 12.5. The molecule has 9 heteroatoms. The molecule has 21 heavy (non-hydrogen) atoms. The van der Waals surface area contributed by atoms with Crippen molar-refractivity contribution in [3.63, 3.8) is 0 Å². The van der Waals surface area contributed by atoms with E-state index in [-0.39, 0.29) is 12.4 Å². The molecule has 1 aromatic heterocycles. The first-order chi connectivity index (χ1) is 10.0. The molecule has 118 valence electrons. The molecular formula is C12H21N5O3S. The first kappa shape index (κ1) is 16.1. The molecule has 0 aliphatic carbocycles. The van der Waals surface area contributed by atoms with Crippen LogP contribution in [-0.4, -0.2) is 59.8 Å². The van der Waals surface area contributed by atoms with Gasteiger partial charge >= 0.3 is 0 Å². The zero-order valence-electron chi connectivity index (χ0n) is 12.3. The standard InChI is InChI=1S/C12H21N5O3S/c1-3-16(4-2)21(18,19)17-7-8-20-10(9-17)11-12(13)15-6-5-14-11/h5-6,10H,3-4,7-9H2,1-2H3,(H2,13,15)/t10-/m1/s1. The van der Waals surface area contributed by atoms with Gasteiger partial charge < -0.3 is 10.5 Å². The first-order valence-electron chi connectivity index (χ1n) is 6.93. The lowest BCUT2D eigenvalue weighted by atomic mass is 10.2. The minimum absolute atomic E-state index is 0.196. The predicted octanol–water partition coefficient (Wildman–Crippen LogP) is 0.0187. The third kappa shape index (κ3) is 3.31. The van der Waals surface area contributed by atoms with Crippen LogP contribution in [0.15, 0.2) is 12.4 Å². The molecule has 1 saturated heterocycles. The van der Waals surface area contributed by atoms with Gasteiger partial charge in [0.15, 0.2) is 0 Å². The number of nitrogen functional groups attached to an aromatic ring is 1. The summed E-state index contributed by atoms with van der Waals surface area (Å²) in [5.74, 6) is 0.268. The Balaban J connectivity index is 2.20. The van der Waals surface area contributed by atoms with Gasteiger partial charge in [-0.25, -0.2) is 4.98 Å². The fraction of sp³-hybridized carbons (Fsp3) is 0.667. The molecule has 1 fully saturated rings. The molecule has 1 atom stereocenters. The van der Waals surface area contributed by atoms with E-state index in [0.29, 0.717) is 31.9 Å². The van der Waals surface area contributed by atoms with Crippen LogP contribution in [0, 0.1) is 0 Å². The molecule has 0 unspecified atom stereocenters. The highest BCUT2D eigenvalue weighted by atomic mass is 32.2. The van der Waals surface area contributed by atoms with Crippen LogP contribution in [0.4, 0.5) is 5.82 Å². The zero-order chi connectivity index (χ0) is 15.5. The van der Waals surface area contributed by atoms with Crippen molar-refractivity contribution in [2.45, 2.75) is 20.0 Å². The number of morpholine rings is 1. The van der Waals surface area contributed by atoms with Gasteiger partial charge in [-0.1, -0.05) is 13.8 Å². The van der Waals surface area contributed by atoms with Crippen LogP contribution >= 0.6 is 0 Å². The van der Waals surface area contributed by atoms with Gasteiger partial charge in [0.25, 0.3) is 10.2 Å². The molecule has 8 nitrogen and oxygen atoms in total. The Morgan fingerprint density at radius 2 is 2.05 bits per heavy atom. The summed E-state index contributed by atoms with van der Waals surface area (Å²) in [7, 11) is -3.48. The number of hydrogen-bond donors (Lipinski definition) is 1. The van der Waals surface area contributed by atoms with Crippen LogP contribution < -0.4 is 5.73 Å². The van der Waals surface area contributed by atoms with E-state index in [4.69, 9.17) is 10.5 Å². The number of nitrogens with two attached hydrogens (primary N) is 1. The molecular weight excluding hydrogens is 294 g/mol. The Hall–Kier alpha value is -1.29. The quantitative estimate of drug-likeness (QED) is 0.822. The van der Waals surface area contributed by atoms with E-state index in [0.717, 1.165) is 0 Å². The molecule has 2 heterocycles. The Kier molecular flexibility index (Phi) is 5.09. The third-order valence-electron chi connectivity index (χ3n) is 3.45. The molecule has 1 aliphatic rings. The molecule has 2 rings (SSSR count). The summed E-state index contributed by atoms with van der Waals surface area (Å²) in [5, 5.41) is 0. The Morgan fingerprint density at radius 3 is 2.67 bits per heavy atom. The third-order valence-corrected chi connectivity index (χ3v) is 5.60. The second-order valence-corrected chi connectivity index (χ2v) is 6.56. The van der Waals surface area contributed by atoms with Crippen LogP contribution in [0.25, 0.3) is 0 Å². The van der Waals surface area contributed by atoms with Crippen molar-refractivity contribution in [3.8, 4) is 0 Å². The largest absolute Gasteiger partial charge is 0.382 e. The molecule has 0 spiro atoms. The van der Waals surface area contributed by atoms with Crippen molar-refractivity contribution in [2.24, 2.45) is 0 Å². The van der Waals surface area contributed by atoms with Gasteiger partial charge in [0.1, 0.15) is 17.6 Å². The highest BCUT2D eigenvalue weighted by Gasteiger charge is 2.34. The van der Waals surface area contributed by atoms with Crippen molar-refractivity contribution in [1.82, 2.24) is 18.6 Å². The van der Waals surface area contributed by atoms with Crippen molar-refractivity contribution in [3.05, 3.63) is 18.1 Å². The maximum atomic E-state index is 12.5. The summed E-state index contributed by atoms with van der Waals surface area (Å²) in [6, 6.07) is 0. The average molecular weight is 315 g/mol. The van der Waals surface area contributed by atoms with Crippen LogP contribution in [-0.2, 0) is 14.9 Å². The number of anilines is 1. The van der Waals surface area contributed by atoms with Gasteiger partial charge in [-0.15, -0.1) is 0 Å². The molecule has 0 bridgehead atoms. The summed E-state index contributed by atoms with van der Waals surface area (Å²) in [6.07, 6.45) is 2.52. The summed E-state index contributed by atoms with van der Waals surface area (Å²) in [6.45, 7) is 5.35. The fourth-order valence-electron chi connectivity index (χ4n) is 2.32. The molecule has 0 amide bonds. The molecule has 2 N–H and O–H groups in total. The van der Waals surface area contributed by atoms with Crippen molar-refractivity contribution in [2.75, 3.05) is 38.5 Å². The van der Waals surface area contributed by atoms with E-state index >= 15 is 0 Å². The summed E-state index contributed by atoms with van der Waals surface area (Å²) in [4.78, 5) is 8.12. The smallest absolute Gasteiger partial charge is 0.282 e. The summed E-state index contributed by atoms with van der Waals surface area (Å²) >= 11 is 0. The van der Waals surface area contributed by atoms with Crippen LogP contribution in [0.3, 0.4) is 0 Å². The lowest BCUT2D eigenvalue weighted by Gasteiger charge is -2.34. The highest BCUT2D eigenvalue weighted by molar-refractivity contribution is 7.86. The van der Waals surface area contributed by atoms with Crippen molar-refractivity contribution in [1.29, 1.82) is 0 Å². The Bertz CT molecular complexity index is 576. The number of aromatic nitrogens is 2. The highest BCUT2D eigenvalue weighted by Crippen LogP contribution is 2.25. The van der Waals surface area contributed by atoms with Crippen molar-refractivity contribution >= 4 is 16.0 Å². The second-order valence-electron chi connectivity index (χ2n) is 4.64. The topological polar surface area (TPSA) is 102 Å². The van der Waals surface area contributed by atoms with E-state index < -0.39 is 16.3 Å². The summed E-state index contributed by atoms with van der Waals surface area (Å²) in [5.41, 5.74) is 6.27. The lowest BCUT2D eigenvalue weighted by Crippen LogP contribution is -2.49. The van der Waals surface area contributed by atoms with Gasteiger partial charge in [0.05, 0.1) is 6.61 Å². The minimum Gasteiger partial charge on any atom is -0.382 e. The van der Waals surface area contributed by atoms with Crippen molar-refractivity contribution < 1.29 is 13.2 Å². The van der Waals surface area contributed by atoms with E-state index in [1.54, 1.807) is 0 Å². The molecule has 1 aliphatic heterocycles. The van der Waals surface area contributed by atoms with E-state index in [1.165, 1.54) is 21.0 Å². The van der Waals surface area contributed by atoms with Gasteiger partial charge in [0, 0.05) is 38.6 Å². The molecule has 0 saturated carbocycles. The van der Waals surface area contributed by atoms with Crippen LogP contribution in [0.2, 0.25) is 0 Å². The first-order valence-corrected chi connectivity index (χ1v) is 8.33. The molecule has 0 aromatic carbocycles. The number of rotatable bonds is 5. The Morgan fingerprint density at radius 1 is 1.38 bits per heavy atom. The Labute approximate surface area is 125 Å². The SMILES string of the molecule is CCN(CC)S(=O)(=O)N1CCO[C@@H](c2nccnc2N)C1. The second kappa shape index (κ2) is 6.65. The van der Waals surface area contributed by atoms with Gasteiger partial charge in [-0.2, -0.15) is 17.0 Å².